The lowest BCUT2D eigenvalue weighted by molar-refractivity contribution is -0.132. The summed E-state index contributed by atoms with van der Waals surface area (Å²) in [5, 5.41) is 20.2. The second-order valence-corrected chi connectivity index (χ2v) is 12.6. The molecule has 0 saturated carbocycles. The number of anilines is 1. The Morgan fingerprint density at radius 2 is 1.49 bits per heavy atom. The average molecular weight is 648 g/mol. The van der Waals surface area contributed by atoms with Gasteiger partial charge in [-0.2, -0.15) is 0 Å². The third-order valence-electron chi connectivity index (χ3n) is 7.18. The molecule has 5 rings (SSSR count). The third-order valence-corrected chi connectivity index (χ3v) is 9.31. The van der Waals surface area contributed by atoms with E-state index in [1.54, 1.807) is 60.7 Å². The zero-order valence-electron chi connectivity index (χ0n) is 25.1. The lowest BCUT2D eigenvalue weighted by atomic mass is 9.95. The molecule has 3 aromatic carbocycles. The molecule has 1 aliphatic rings. The number of amides is 1. The minimum Gasteiger partial charge on any atom is -0.507 e. The second-order valence-electron chi connectivity index (χ2n) is 10.4. The van der Waals surface area contributed by atoms with Crippen molar-refractivity contribution in [1.82, 2.24) is 10.2 Å². The predicted molar refractivity (Wildman–Crippen MR) is 174 cm³/mol. The molecule has 0 spiro atoms. The monoisotopic (exact) mass is 647 g/mol. The molecule has 11 heteroatoms. The molecule has 1 aliphatic heterocycles. The van der Waals surface area contributed by atoms with Gasteiger partial charge in [0.1, 0.15) is 23.1 Å². The summed E-state index contributed by atoms with van der Waals surface area (Å²) in [6.07, 6.45) is 3.85. The number of aromatic nitrogens is 2. The first-order valence-electron chi connectivity index (χ1n) is 14.9. The molecule has 1 saturated heterocycles. The van der Waals surface area contributed by atoms with Gasteiger partial charge in [0.05, 0.1) is 24.8 Å². The fourth-order valence-corrected chi connectivity index (χ4v) is 6.53. The number of carbonyl (C=O) groups is 2. The summed E-state index contributed by atoms with van der Waals surface area (Å²) in [6.45, 7) is 5.33. The largest absolute Gasteiger partial charge is 0.507 e. The molecule has 0 radical (unpaired) electrons. The van der Waals surface area contributed by atoms with Crippen molar-refractivity contribution in [2.45, 2.75) is 55.7 Å². The van der Waals surface area contributed by atoms with Gasteiger partial charge in [-0.1, -0.05) is 74.1 Å². The Hall–Kier alpha value is -4.22. The van der Waals surface area contributed by atoms with Gasteiger partial charge in [-0.25, -0.2) is 4.39 Å². The van der Waals surface area contributed by atoms with Crippen molar-refractivity contribution in [1.29, 1.82) is 0 Å². The van der Waals surface area contributed by atoms with E-state index in [9.17, 15) is 19.1 Å². The number of hydrogen-bond donors (Lipinski definition) is 1. The van der Waals surface area contributed by atoms with Crippen LogP contribution < -0.4 is 14.4 Å². The van der Waals surface area contributed by atoms with E-state index in [2.05, 4.69) is 24.0 Å². The number of aliphatic hydroxyl groups is 1. The summed E-state index contributed by atoms with van der Waals surface area (Å²) in [5.74, 6) is -0.396. The molecular formula is C34H34FN3O5S2. The molecule has 1 unspecified atom stereocenters. The summed E-state index contributed by atoms with van der Waals surface area (Å²) in [4.78, 5) is 28.5. The molecular weight excluding hydrogens is 614 g/mol. The standard InChI is InChI=1S/C34H34FN3O5S2/c1-3-5-19-42-26-15-9-23(10-16-26)29-28(30(39)24-11-17-27(18-12-24)43-20-6-4-2)31(40)32(41)38(29)33-36-37-34(45-33)44-21-22-7-13-25(35)14-8-22/h7-18,29,39H,3-6,19-21H2,1-2H3/b30-28-. The first-order valence-corrected chi connectivity index (χ1v) is 16.7. The highest BCUT2D eigenvalue weighted by molar-refractivity contribution is 8.00. The highest BCUT2D eigenvalue weighted by Crippen LogP contribution is 2.44. The van der Waals surface area contributed by atoms with E-state index in [0.29, 0.717) is 45.9 Å². The van der Waals surface area contributed by atoms with Gasteiger partial charge in [-0.05, 0) is 72.5 Å². The van der Waals surface area contributed by atoms with Crippen molar-refractivity contribution in [3.63, 3.8) is 0 Å². The maximum Gasteiger partial charge on any atom is 0.301 e. The number of ketones is 1. The maximum atomic E-state index is 13.6. The van der Waals surface area contributed by atoms with E-state index in [-0.39, 0.29) is 22.3 Å². The minimum absolute atomic E-state index is 0.0463. The Labute approximate surface area is 269 Å². The molecule has 234 valence electrons. The molecule has 2 heterocycles. The van der Waals surface area contributed by atoms with Crippen LogP contribution in [-0.2, 0) is 15.3 Å². The molecule has 0 bridgehead atoms. The van der Waals surface area contributed by atoms with Crippen LogP contribution in [0.15, 0.2) is 82.7 Å². The lowest BCUT2D eigenvalue weighted by Gasteiger charge is -2.22. The highest BCUT2D eigenvalue weighted by Gasteiger charge is 2.48. The number of halogens is 1. The van der Waals surface area contributed by atoms with Gasteiger partial charge in [-0.15, -0.1) is 10.2 Å². The van der Waals surface area contributed by atoms with Gasteiger partial charge in [0.25, 0.3) is 5.78 Å². The van der Waals surface area contributed by atoms with E-state index in [0.717, 1.165) is 31.2 Å². The Morgan fingerprint density at radius 3 is 2.09 bits per heavy atom. The number of rotatable bonds is 14. The molecule has 1 atom stereocenters. The van der Waals surface area contributed by atoms with Crippen LogP contribution >= 0.6 is 23.1 Å². The van der Waals surface area contributed by atoms with Gasteiger partial charge < -0.3 is 14.6 Å². The zero-order valence-corrected chi connectivity index (χ0v) is 26.7. The van der Waals surface area contributed by atoms with Crippen LogP contribution in [0.1, 0.15) is 62.3 Å². The predicted octanol–water partition coefficient (Wildman–Crippen LogP) is 7.95. The second kappa shape index (κ2) is 15.2. The van der Waals surface area contributed by atoms with Crippen LogP contribution in [0.2, 0.25) is 0 Å². The fourth-order valence-electron chi connectivity index (χ4n) is 4.71. The number of aliphatic hydroxyl groups excluding tert-OH is 1. The SMILES string of the molecule is CCCCOc1ccc(/C(O)=C2/C(=O)C(=O)N(c3nnc(SCc4ccc(F)cc4)s3)C2c2ccc(OCCCC)cc2)cc1. The van der Waals surface area contributed by atoms with E-state index in [1.807, 2.05) is 0 Å². The van der Waals surface area contributed by atoms with E-state index in [4.69, 9.17) is 9.47 Å². The van der Waals surface area contributed by atoms with E-state index >= 15 is 0 Å². The molecule has 1 fully saturated rings. The quantitative estimate of drug-likeness (QED) is 0.0368. The summed E-state index contributed by atoms with van der Waals surface area (Å²) >= 11 is 2.56. The van der Waals surface area contributed by atoms with Gasteiger partial charge in [0.15, 0.2) is 4.34 Å². The molecule has 1 N–H and O–H groups in total. The van der Waals surface area contributed by atoms with Crippen molar-refractivity contribution in [3.8, 4) is 11.5 Å². The number of ether oxygens (including phenoxy) is 2. The molecule has 1 aromatic heterocycles. The molecule has 45 heavy (non-hydrogen) atoms. The molecule has 8 nitrogen and oxygen atoms in total. The number of thioether (sulfide) groups is 1. The third kappa shape index (κ3) is 7.72. The normalized spacial score (nSPS) is 15.9. The van der Waals surface area contributed by atoms with Crippen molar-refractivity contribution in [3.05, 3.63) is 101 Å². The summed E-state index contributed by atoms with van der Waals surface area (Å²) < 4.78 is 25.4. The fraction of sp³-hybridized carbons (Fsp3) is 0.294. The number of hydrogen-bond acceptors (Lipinski definition) is 9. The smallest absolute Gasteiger partial charge is 0.301 e. The van der Waals surface area contributed by atoms with Crippen molar-refractivity contribution in [2.75, 3.05) is 18.1 Å². The number of nitrogens with zero attached hydrogens (tertiary/aromatic N) is 3. The van der Waals surface area contributed by atoms with Crippen LogP contribution in [0.4, 0.5) is 9.52 Å². The van der Waals surface area contributed by atoms with Crippen LogP contribution in [0.5, 0.6) is 11.5 Å². The van der Waals surface area contributed by atoms with Gasteiger partial charge in [0.2, 0.25) is 5.13 Å². The van der Waals surface area contributed by atoms with Crippen LogP contribution in [0, 0.1) is 5.82 Å². The first kappa shape index (κ1) is 32.2. The first-order chi connectivity index (χ1) is 21.9. The lowest BCUT2D eigenvalue weighted by Crippen LogP contribution is -2.29. The molecule has 4 aromatic rings. The van der Waals surface area contributed by atoms with Crippen LogP contribution in [0.25, 0.3) is 5.76 Å². The highest BCUT2D eigenvalue weighted by atomic mass is 32.2. The Kier molecular flexibility index (Phi) is 10.9. The van der Waals surface area contributed by atoms with Gasteiger partial charge >= 0.3 is 5.91 Å². The number of unbranched alkanes of at least 4 members (excludes halogenated alkanes) is 2. The number of benzene rings is 3. The van der Waals surface area contributed by atoms with Crippen LogP contribution in [0.3, 0.4) is 0 Å². The van der Waals surface area contributed by atoms with Crippen molar-refractivity contribution in [2.24, 2.45) is 0 Å². The zero-order chi connectivity index (χ0) is 31.8. The van der Waals surface area contributed by atoms with Gasteiger partial charge in [0, 0.05) is 11.3 Å². The summed E-state index contributed by atoms with van der Waals surface area (Å²) in [6, 6.07) is 19.2. The maximum absolute atomic E-state index is 13.6. The number of Topliss-reactive ketones (excluding diaryl/α,β-unsaturated/α-hetero) is 1. The average Bonchev–Trinajstić information content (AvgIpc) is 3.63. The minimum atomic E-state index is -0.946. The van der Waals surface area contributed by atoms with Crippen molar-refractivity contribution >= 4 is 45.7 Å². The molecule has 1 amide bonds. The Morgan fingerprint density at radius 1 is 0.889 bits per heavy atom. The van der Waals surface area contributed by atoms with E-state index < -0.39 is 17.7 Å². The number of carbonyl (C=O) groups excluding carboxylic acids is 2. The van der Waals surface area contributed by atoms with Crippen molar-refractivity contribution < 1.29 is 28.6 Å². The van der Waals surface area contributed by atoms with Crippen LogP contribution in [-0.4, -0.2) is 40.2 Å². The summed E-state index contributed by atoms with van der Waals surface area (Å²) in [7, 11) is 0. The van der Waals surface area contributed by atoms with E-state index in [1.165, 1.54) is 40.1 Å². The summed E-state index contributed by atoms with van der Waals surface area (Å²) in [5.41, 5.74) is 1.85. The Bertz CT molecular complexity index is 1640. The van der Waals surface area contributed by atoms with Gasteiger partial charge in [-0.3, -0.25) is 14.5 Å². The molecule has 0 aliphatic carbocycles. The topological polar surface area (TPSA) is 102 Å². The Balaban J connectivity index is 1.47.